The third kappa shape index (κ3) is 3.92. The number of hydrogen-bond donors (Lipinski definition) is 0. The molecule has 0 N–H and O–H groups in total. The second-order valence-electron chi connectivity index (χ2n) is 11.2. The highest BCUT2D eigenvalue weighted by Crippen LogP contribution is 2.46. The van der Waals surface area contributed by atoms with E-state index >= 15 is 0 Å². The first kappa shape index (κ1) is 18.7. The molecule has 0 unspecified atom stereocenters. The summed E-state index contributed by atoms with van der Waals surface area (Å²) in [5.74, 6) is 0. The minimum absolute atomic E-state index is 0.0295. The van der Waals surface area contributed by atoms with Crippen LogP contribution in [0.25, 0.3) is 87.2 Å². The zero-order valence-corrected chi connectivity index (χ0v) is 23.6. The van der Waals surface area contributed by atoms with Gasteiger partial charge < -0.3 is 0 Å². The summed E-state index contributed by atoms with van der Waals surface area (Å²) in [5, 5.41) is 6.87. The molecular formula is C44H28. The van der Waals surface area contributed by atoms with Crippen molar-refractivity contribution in [3.63, 3.8) is 0 Å². The lowest BCUT2D eigenvalue weighted by Crippen LogP contribution is -1.92. The molecule has 204 valence electrons. The first-order valence-electron chi connectivity index (χ1n) is 18.2. The Balaban J connectivity index is 1.58. The third-order valence-corrected chi connectivity index (χ3v) is 8.64. The van der Waals surface area contributed by atoms with E-state index in [1.807, 2.05) is 127 Å². The number of rotatable bonds is 3. The van der Waals surface area contributed by atoms with Gasteiger partial charge in [0.05, 0.1) is 9.60 Å². The number of fused-ring (bicyclic) bond motifs is 5. The van der Waals surface area contributed by atoms with E-state index in [9.17, 15) is 6.85 Å². The fourth-order valence-corrected chi connectivity index (χ4v) is 6.56. The summed E-state index contributed by atoms with van der Waals surface area (Å²) in [7, 11) is 0. The van der Waals surface area contributed by atoms with E-state index in [0.717, 1.165) is 32.3 Å². The SMILES string of the molecule is [2H]c1c([2H])c([2H])c2c(-c3ccc4ccccc4c3)c3c([2H])c(-c4cccc5ccccc45)c([2H])c([2H])c3c(-c3ccc4ccccc4c3)c2c1[2H]. The largest absolute Gasteiger partial charge is 0.0636 e. The smallest absolute Gasteiger partial charge is 0.0616 e. The van der Waals surface area contributed by atoms with Crippen LogP contribution in [0.15, 0.2) is 170 Å². The molecule has 0 aliphatic carbocycles. The molecule has 0 amide bonds. The van der Waals surface area contributed by atoms with E-state index in [2.05, 4.69) is 0 Å². The van der Waals surface area contributed by atoms with Crippen LogP contribution >= 0.6 is 0 Å². The van der Waals surface area contributed by atoms with E-state index in [0.29, 0.717) is 44.2 Å². The van der Waals surface area contributed by atoms with Gasteiger partial charge in [-0.2, -0.15) is 0 Å². The molecule has 0 aliphatic rings. The Morgan fingerprint density at radius 2 is 0.864 bits per heavy atom. The number of hydrogen-bond acceptors (Lipinski definition) is 0. The second-order valence-corrected chi connectivity index (χ2v) is 11.2. The molecule has 0 aliphatic heterocycles. The van der Waals surface area contributed by atoms with Gasteiger partial charge in [0.1, 0.15) is 0 Å². The Morgan fingerprint density at radius 1 is 0.341 bits per heavy atom. The lowest BCUT2D eigenvalue weighted by Gasteiger charge is -2.19. The minimum Gasteiger partial charge on any atom is -0.0616 e. The van der Waals surface area contributed by atoms with Crippen LogP contribution in [0.4, 0.5) is 0 Å². The molecule has 0 saturated carbocycles. The Bertz CT molecular complexity index is 2940. The quantitative estimate of drug-likeness (QED) is 0.188. The molecule has 0 aromatic heterocycles. The average molecular weight is 564 g/mol. The molecule has 0 atom stereocenters. The van der Waals surface area contributed by atoms with Crippen LogP contribution in [-0.4, -0.2) is 0 Å². The summed E-state index contributed by atoms with van der Waals surface area (Å²) >= 11 is 0. The first-order valence-corrected chi connectivity index (χ1v) is 14.7. The van der Waals surface area contributed by atoms with Crippen molar-refractivity contribution in [1.82, 2.24) is 0 Å². The standard InChI is InChI=1S/C44H28/c1-3-13-32-26-35(22-20-29(32)10-1)43-39-17-7-8-18-40(39)44(36-23-21-30-11-2-4-14-33(30)27-36)42-28-34(24-25-41(42)43)38-19-9-15-31-12-5-6-16-37(31)38/h1-28H/i7D,8D,17D,18D,24D,25D,28D. The fourth-order valence-electron chi connectivity index (χ4n) is 6.56. The summed E-state index contributed by atoms with van der Waals surface area (Å²) in [4.78, 5) is 0. The van der Waals surface area contributed by atoms with Crippen molar-refractivity contribution in [2.45, 2.75) is 0 Å². The van der Waals surface area contributed by atoms with Crippen LogP contribution in [0.3, 0.4) is 0 Å². The maximum Gasteiger partial charge on any atom is 0.0636 e. The van der Waals surface area contributed by atoms with Gasteiger partial charge in [0.15, 0.2) is 0 Å². The summed E-state index contributed by atoms with van der Waals surface area (Å²) in [5.41, 5.74) is 3.12. The highest BCUT2D eigenvalue weighted by molar-refractivity contribution is 6.22. The van der Waals surface area contributed by atoms with E-state index in [4.69, 9.17) is 2.74 Å². The number of benzene rings is 9. The second kappa shape index (κ2) is 9.93. The highest BCUT2D eigenvalue weighted by atomic mass is 14.2. The molecule has 9 aromatic rings. The average Bonchev–Trinajstić information content (AvgIpc) is 3.17. The van der Waals surface area contributed by atoms with Gasteiger partial charge in [-0.25, -0.2) is 0 Å². The Labute approximate surface area is 266 Å². The lowest BCUT2D eigenvalue weighted by atomic mass is 9.84. The summed E-state index contributed by atoms with van der Waals surface area (Å²) < 4.78 is 65.7. The normalized spacial score (nSPS) is 13.9. The third-order valence-electron chi connectivity index (χ3n) is 8.64. The van der Waals surface area contributed by atoms with Crippen molar-refractivity contribution in [2.24, 2.45) is 0 Å². The predicted octanol–water partition coefficient (Wildman–Crippen LogP) is 12.5. The molecule has 0 bridgehead atoms. The molecule has 9 rings (SSSR count). The monoisotopic (exact) mass is 563 g/mol. The van der Waals surface area contributed by atoms with Crippen LogP contribution in [0.1, 0.15) is 9.60 Å². The Hall–Kier alpha value is -5.72. The van der Waals surface area contributed by atoms with Crippen molar-refractivity contribution < 1.29 is 9.60 Å². The van der Waals surface area contributed by atoms with E-state index in [1.54, 1.807) is 0 Å². The Morgan fingerprint density at radius 3 is 1.52 bits per heavy atom. The lowest BCUT2D eigenvalue weighted by molar-refractivity contribution is 1.66. The maximum atomic E-state index is 10.0. The molecular weight excluding hydrogens is 528 g/mol. The molecule has 0 fully saturated rings. The van der Waals surface area contributed by atoms with Crippen molar-refractivity contribution in [3.8, 4) is 33.4 Å². The molecule has 0 saturated heterocycles. The van der Waals surface area contributed by atoms with Crippen molar-refractivity contribution in [1.29, 1.82) is 0 Å². The van der Waals surface area contributed by atoms with Gasteiger partial charge in [-0.3, -0.25) is 0 Å². The van der Waals surface area contributed by atoms with Gasteiger partial charge in [0.25, 0.3) is 0 Å². The van der Waals surface area contributed by atoms with Gasteiger partial charge in [0.2, 0.25) is 0 Å². The fraction of sp³-hybridized carbons (Fsp3) is 0. The molecule has 0 spiro atoms. The van der Waals surface area contributed by atoms with Gasteiger partial charge in [-0.1, -0.05) is 152 Å². The molecule has 0 nitrogen and oxygen atoms in total. The van der Waals surface area contributed by atoms with E-state index in [1.165, 1.54) is 0 Å². The first-order chi connectivity index (χ1) is 24.7. The van der Waals surface area contributed by atoms with Crippen molar-refractivity contribution in [3.05, 3.63) is 170 Å². The van der Waals surface area contributed by atoms with Crippen LogP contribution in [0.2, 0.25) is 0 Å². The minimum atomic E-state index is -0.380. The van der Waals surface area contributed by atoms with Crippen LogP contribution in [-0.2, 0) is 0 Å². The van der Waals surface area contributed by atoms with Gasteiger partial charge in [-0.05, 0) is 105 Å². The molecule has 9 aromatic carbocycles. The molecule has 0 heteroatoms. The van der Waals surface area contributed by atoms with Crippen molar-refractivity contribution in [2.75, 3.05) is 0 Å². The zero-order valence-electron chi connectivity index (χ0n) is 30.6. The van der Waals surface area contributed by atoms with Crippen LogP contribution < -0.4 is 0 Å². The highest BCUT2D eigenvalue weighted by Gasteiger charge is 2.18. The van der Waals surface area contributed by atoms with E-state index < -0.39 is 0 Å². The topological polar surface area (TPSA) is 0 Å². The molecule has 0 heterocycles. The molecule has 44 heavy (non-hydrogen) atoms. The van der Waals surface area contributed by atoms with Crippen molar-refractivity contribution >= 4 is 53.9 Å². The Kier molecular flexibility index (Phi) is 4.23. The maximum absolute atomic E-state index is 10.0. The zero-order chi connectivity index (χ0) is 35.1. The van der Waals surface area contributed by atoms with E-state index in [-0.39, 0.29) is 53.1 Å². The van der Waals surface area contributed by atoms with Crippen LogP contribution in [0.5, 0.6) is 0 Å². The summed E-state index contributed by atoms with van der Waals surface area (Å²) in [6.07, 6.45) is 0. The van der Waals surface area contributed by atoms with Gasteiger partial charge in [-0.15, -0.1) is 0 Å². The van der Waals surface area contributed by atoms with Gasteiger partial charge in [0, 0.05) is 0 Å². The predicted molar refractivity (Wildman–Crippen MR) is 190 cm³/mol. The van der Waals surface area contributed by atoms with Gasteiger partial charge >= 0.3 is 0 Å². The van der Waals surface area contributed by atoms with Crippen LogP contribution in [0, 0.1) is 0 Å². The summed E-state index contributed by atoms with van der Waals surface area (Å²) in [6, 6.07) is 39.6. The summed E-state index contributed by atoms with van der Waals surface area (Å²) in [6.45, 7) is 0. The molecule has 0 radical (unpaired) electrons.